The first-order valence-electron chi connectivity index (χ1n) is 14.0. The first-order chi connectivity index (χ1) is 18.9. The van der Waals surface area contributed by atoms with Crippen LogP contribution in [-0.2, 0) is 10.2 Å². The van der Waals surface area contributed by atoms with Gasteiger partial charge in [0.25, 0.3) is 0 Å². The third-order valence-corrected chi connectivity index (χ3v) is 8.40. The Morgan fingerprint density at radius 3 is 2.41 bits per heavy atom. The molecule has 2 heterocycles. The fourth-order valence-corrected chi connectivity index (χ4v) is 6.15. The summed E-state index contributed by atoms with van der Waals surface area (Å²) in [5.74, 6) is 1.88. The Morgan fingerprint density at radius 2 is 1.74 bits per heavy atom. The lowest BCUT2D eigenvalue weighted by Gasteiger charge is -2.42. The SMILES string of the molecule is [B]/C(C=C)=C1\NC(c2ccccc2O)=CC(=NC2CCN(C(=O)C3(c4ccccc4)CCCCC3)CC2)N1C. The summed E-state index contributed by atoms with van der Waals surface area (Å²) < 4.78 is 0. The van der Waals surface area contributed by atoms with Crippen molar-refractivity contribution in [2.75, 3.05) is 20.1 Å². The number of nitrogens with zero attached hydrogens (tertiary/aromatic N) is 3. The number of carbonyl (C=O) groups is 1. The highest BCUT2D eigenvalue weighted by Gasteiger charge is 2.44. The maximum Gasteiger partial charge on any atom is 0.233 e. The fraction of sp³-hybridized carbons (Fsp3) is 0.375. The zero-order chi connectivity index (χ0) is 27.4. The first-order valence-corrected chi connectivity index (χ1v) is 14.0. The minimum atomic E-state index is -0.398. The zero-order valence-electron chi connectivity index (χ0n) is 22.8. The van der Waals surface area contributed by atoms with E-state index in [0.717, 1.165) is 55.6 Å². The van der Waals surface area contributed by atoms with Gasteiger partial charge in [-0.15, -0.1) is 0 Å². The van der Waals surface area contributed by atoms with E-state index in [1.165, 1.54) is 6.42 Å². The molecule has 7 heteroatoms. The van der Waals surface area contributed by atoms with Gasteiger partial charge in [-0.2, -0.15) is 0 Å². The highest BCUT2D eigenvalue weighted by Crippen LogP contribution is 2.41. The number of likely N-dealkylation sites (tertiary alicyclic amines) is 1. The molecule has 2 radical (unpaired) electrons. The number of hydrogen-bond donors (Lipinski definition) is 2. The van der Waals surface area contributed by atoms with Gasteiger partial charge in [0, 0.05) is 31.8 Å². The Kier molecular flexibility index (Phi) is 7.96. The second-order valence-corrected chi connectivity index (χ2v) is 10.8. The van der Waals surface area contributed by atoms with Crippen molar-refractivity contribution in [1.29, 1.82) is 0 Å². The lowest BCUT2D eigenvalue weighted by molar-refractivity contribution is -0.140. The van der Waals surface area contributed by atoms with Crippen molar-refractivity contribution in [2.45, 2.75) is 56.4 Å². The molecule has 1 amide bonds. The summed E-state index contributed by atoms with van der Waals surface area (Å²) in [7, 11) is 8.18. The largest absolute Gasteiger partial charge is 0.507 e. The van der Waals surface area contributed by atoms with Crippen molar-refractivity contribution in [3.05, 3.63) is 95.7 Å². The number of likely N-dealkylation sites (N-methyl/N-ethyl adjacent to an activating group) is 1. The van der Waals surface area contributed by atoms with Crippen LogP contribution in [0.25, 0.3) is 5.70 Å². The number of allylic oxidation sites excluding steroid dienone is 2. The third kappa shape index (κ3) is 5.40. The molecule has 0 unspecified atom stereocenters. The number of rotatable bonds is 5. The number of para-hydroxylation sites is 1. The molecule has 0 atom stereocenters. The van der Waals surface area contributed by atoms with E-state index < -0.39 is 5.41 Å². The molecule has 1 saturated heterocycles. The smallest absolute Gasteiger partial charge is 0.233 e. The van der Waals surface area contributed by atoms with Crippen LogP contribution < -0.4 is 5.32 Å². The lowest BCUT2D eigenvalue weighted by atomic mass is 9.68. The average Bonchev–Trinajstić information content (AvgIpc) is 2.99. The Balaban J connectivity index is 1.37. The van der Waals surface area contributed by atoms with Crippen molar-refractivity contribution in [2.24, 2.45) is 4.99 Å². The highest BCUT2D eigenvalue weighted by atomic mass is 16.3. The van der Waals surface area contributed by atoms with Gasteiger partial charge in [0.15, 0.2) is 0 Å². The maximum absolute atomic E-state index is 14.0. The second-order valence-electron chi connectivity index (χ2n) is 10.8. The van der Waals surface area contributed by atoms with E-state index in [1.54, 1.807) is 18.2 Å². The molecule has 3 aliphatic rings. The number of nitrogens with one attached hydrogen (secondary N) is 1. The molecule has 2 aromatic rings. The summed E-state index contributed by atoms with van der Waals surface area (Å²) in [6.45, 7) is 5.22. The number of carbonyl (C=O) groups excluding carboxylic acids is 1. The van der Waals surface area contributed by atoms with Crippen LogP contribution in [0.2, 0.25) is 0 Å². The van der Waals surface area contributed by atoms with Crippen molar-refractivity contribution < 1.29 is 9.90 Å². The predicted molar refractivity (Wildman–Crippen MR) is 158 cm³/mol. The minimum absolute atomic E-state index is 0.0803. The molecular formula is C32H37BN4O2. The topological polar surface area (TPSA) is 68.2 Å². The average molecular weight is 520 g/mol. The zero-order valence-corrected chi connectivity index (χ0v) is 22.8. The number of phenols is 1. The van der Waals surface area contributed by atoms with Crippen LogP contribution in [-0.4, -0.2) is 60.7 Å². The summed E-state index contributed by atoms with van der Waals surface area (Å²) >= 11 is 0. The van der Waals surface area contributed by atoms with Gasteiger partial charge in [0.05, 0.1) is 17.2 Å². The van der Waals surface area contributed by atoms with E-state index in [9.17, 15) is 9.90 Å². The fourth-order valence-electron chi connectivity index (χ4n) is 6.15. The van der Waals surface area contributed by atoms with Crippen molar-refractivity contribution in [1.82, 2.24) is 15.1 Å². The summed E-state index contributed by atoms with van der Waals surface area (Å²) in [5, 5.41) is 13.8. The summed E-state index contributed by atoms with van der Waals surface area (Å²) in [4.78, 5) is 23.1. The van der Waals surface area contributed by atoms with Crippen LogP contribution in [0, 0.1) is 0 Å². The molecule has 39 heavy (non-hydrogen) atoms. The molecule has 1 saturated carbocycles. The van der Waals surface area contributed by atoms with E-state index in [4.69, 9.17) is 12.8 Å². The molecule has 0 aromatic heterocycles. The lowest BCUT2D eigenvalue weighted by Crippen LogP contribution is -2.51. The maximum atomic E-state index is 14.0. The summed E-state index contributed by atoms with van der Waals surface area (Å²) in [6.07, 6.45) is 10.4. The van der Waals surface area contributed by atoms with Crippen LogP contribution in [0.15, 0.2) is 89.6 Å². The van der Waals surface area contributed by atoms with Crippen LogP contribution in [0.3, 0.4) is 0 Å². The Hall–Kier alpha value is -3.74. The van der Waals surface area contributed by atoms with Crippen LogP contribution in [0.1, 0.15) is 56.1 Å². The van der Waals surface area contributed by atoms with E-state index in [2.05, 4.69) is 41.1 Å². The highest BCUT2D eigenvalue weighted by molar-refractivity contribution is 6.24. The number of phenolic OH excluding ortho intramolecular Hbond substituents is 1. The van der Waals surface area contributed by atoms with E-state index >= 15 is 0 Å². The second kappa shape index (κ2) is 11.6. The molecule has 6 nitrogen and oxygen atoms in total. The molecular weight excluding hydrogens is 483 g/mol. The van der Waals surface area contributed by atoms with Crippen molar-refractivity contribution in [3.63, 3.8) is 0 Å². The first kappa shape index (κ1) is 26.9. The minimum Gasteiger partial charge on any atom is -0.507 e. The Bertz CT molecular complexity index is 1300. The monoisotopic (exact) mass is 520 g/mol. The molecule has 1 aliphatic carbocycles. The molecule has 200 valence electrons. The van der Waals surface area contributed by atoms with Crippen LogP contribution in [0.5, 0.6) is 5.75 Å². The number of amidine groups is 1. The quantitative estimate of drug-likeness (QED) is 0.540. The number of amides is 1. The van der Waals surface area contributed by atoms with Crippen molar-refractivity contribution >= 4 is 25.3 Å². The summed E-state index contributed by atoms with van der Waals surface area (Å²) in [6, 6.07) is 17.7. The molecule has 5 rings (SSSR count). The van der Waals surface area contributed by atoms with Gasteiger partial charge in [0.2, 0.25) is 5.91 Å². The normalized spacial score (nSPS) is 22.2. The number of piperidine rings is 1. The molecule has 0 spiro atoms. The Morgan fingerprint density at radius 1 is 1.08 bits per heavy atom. The molecule has 2 aromatic carbocycles. The number of aromatic hydroxyl groups is 1. The molecule has 2 fully saturated rings. The van der Waals surface area contributed by atoms with Gasteiger partial charge in [-0.1, -0.05) is 79.9 Å². The van der Waals surface area contributed by atoms with Gasteiger partial charge in [-0.25, -0.2) is 0 Å². The number of aliphatic imine (C=N–C) groups is 1. The number of benzene rings is 2. The standard InChI is InChI=1S/C32H37BN4O2/c1-3-26(33)30-35-27(25-14-8-9-15-28(25)38)22-29(36(30)2)34-24-16-20-37(21-17-24)31(39)32(18-10-5-11-19-32)23-12-6-4-7-13-23/h3-4,6-9,12-15,22,24,35,38H,1,5,10-11,16-21H2,2H3/b30-26+,34-29?. The van der Waals surface area contributed by atoms with E-state index in [-0.39, 0.29) is 17.7 Å². The molecule has 2 aliphatic heterocycles. The van der Waals surface area contributed by atoms with Gasteiger partial charge in [-0.05, 0) is 43.4 Å². The van der Waals surface area contributed by atoms with E-state index in [0.29, 0.717) is 29.9 Å². The van der Waals surface area contributed by atoms with Gasteiger partial charge >= 0.3 is 0 Å². The van der Waals surface area contributed by atoms with Crippen LogP contribution in [0.4, 0.5) is 0 Å². The third-order valence-electron chi connectivity index (χ3n) is 8.40. The summed E-state index contributed by atoms with van der Waals surface area (Å²) in [5.41, 5.74) is 2.65. The Labute approximate surface area is 233 Å². The number of hydrogen-bond acceptors (Lipinski definition) is 4. The van der Waals surface area contributed by atoms with Gasteiger partial charge in [-0.3, -0.25) is 9.79 Å². The molecule has 2 N–H and O–H groups in total. The van der Waals surface area contributed by atoms with Gasteiger partial charge in [0.1, 0.15) is 25.3 Å². The van der Waals surface area contributed by atoms with Crippen LogP contribution >= 0.6 is 0 Å². The van der Waals surface area contributed by atoms with Crippen molar-refractivity contribution in [3.8, 4) is 5.75 Å². The van der Waals surface area contributed by atoms with E-state index in [1.807, 2.05) is 36.2 Å². The van der Waals surface area contributed by atoms with Gasteiger partial charge < -0.3 is 20.2 Å². The molecule has 0 bridgehead atoms. The predicted octanol–water partition coefficient (Wildman–Crippen LogP) is 5.08.